The average molecular weight is 489 g/mol. The third-order valence-corrected chi connectivity index (χ3v) is 7.37. The van der Waals surface area contributed by atoms with Gasteiger partial charge in [0.1, 0.15) is 0 Å². The lowest BCUT2D eigenvalue weighted by Crippen LogP contribution is -2.18. The second kappa shape index (κ2) is 9.34. The topological polar surface area (TPSA) is 114 Å². The number of hydrogen-bond acceptors (Lipinski definition) is 6. The van der Waals surface area contributed by atoms with Crippen molar-refractivity contribution in [2.75, 3.05) is 10.0 Å². The molecule has 35 heavy (non-hydrogen) atoms. The maximum absolute atomic E-state index is 13.0. The van der Waals surface area contributed by atoms with E-state index in [1.165, 1.54) is 41.8 Å². The van der Waals surface area contributed by atoms with E-state index in [1.54, 1.807) is 24.3 Å². The Balaban J connectivity index is 1.34. The smallest absolute Gasteiger partial charge is 0.322 e. The van der Waals surface area contributed by atoms with Crippen molar-refractivity contribution < 1.29 is 17.6 Å². The van der Waals surface area contributed by atoms with Gasteiger partial charge in [-0.15, -0.1) is 5.10 Å². The molecule has 0 aliphatic heterocycles. The van der Waals surface area contributed by atoms with Crippen molar-refractivity contribution in [1.29, 1.82) is 0 Å². The zero-order chi connectivity index (χ0) is 24.4. The molecule has 0 fully saturated rings. The Hall–Kier alpha value is -3.98. The number of hydrogen-bond donors (Lipinski definition) is 2. The zero-order valence-corrected chi connectivity index (χ0v) is 19.9. The third kappa shape index (κ3) is 4.95. The van der Waals surface area contributed by atoms with Gasteiger partial charge in [0, 0.05) is 5.56 Å². The molecule has 0 saturated heterocycles. The summed E-state index contributed by atoms with van der Waals surface area (Å²) in [7, 11) is -3.88. The fourth-order valence-electron chi connectivity index (χ4n) is 4.11. The number of carbonyl (C=O) groups excluding carboxylic acids is 1. The maximum Gasteiger partial charge on any atom is 0.322 e. The van der Waals surface area contributed by atoms with Crippen molar-refractivity contribution in [2.24, 2.45) is 0 Å². The number of carbonyl (C=O) groups is 1. The molecule has 1 aromatic heterocycles. The van der Waals surface area contributed by atoms with Gasteiger partial charge in [0.25, 0.3) is 15.9 Å². The van der Waals surface area contributed by atoms with Crippen molar-refractivity contribution in [1.82, 2.24) is 10.2 Å². The van der Waals surface area contributed by atoms with Crippen molar-refractivity contribution in [2.45, 2.75) is 37.5 Å². The van der Waals surface area contributed by atoms with E-state index in [1.807, 2.05) is 13.0 Å². The van der Waals surface area contributed by atoms with Crippen LogP contribution in [0.5, 0.6) is 0 Å². The lowest BCUT2D eigenvalue weighted by molar-refractivity contribution is 0.102. The third-order valence-electron chi connectivity index (χ3n) is 5.99. The summed E-state index contributed by atoms with van der Waals surface area (Å²) in [6, 6.07) is 18.8. The van der Waals surface area contributed by atoms with Gasteiger partial charge in [0.05, 0.1) is 16.1 Å². The van der Waals surface area contributed by atoms with Crippen LogP contribution in [0.25, 0.3) is 11.5 Å². The molecule has 0 radical (unpaired) electrons. The summed E-state index contributed by atoms with van der Waals surface area (Å²) in [6.07, 6.45) is 4.46. The van der Waals surface area contributed by atoms with E-state index in [2.05, 4.69) is 32.4 Å². The molecule has 1 heterocycles. The number of amides is 1. The highest BCUT2D eigenvalue weighted by Gasteiger charge is 2.20. The Morgan fingerprint density at radius 3 is 2.46 bits per heavy atom. The summed E-state index contributed by atoms with van der Waals surface area (Å²) in [5, 5.41) is 10.6. The van der Waals surface area contributed by atoms with Gasteiger partial charge in [-0.2, -0.15) is 0 Å². The number of para-hydroxylation sites is 1. The fraction of sp³-hybridized carbons (Fsp3) is 0.192. The second-order valence-corrected chi connectivity index (χ2v) is 10.2. The van der Waals surface area contributed by atoms with E-state index < -0.39 is 15.9 Å². The summed E-state index contributed by atoms with van der Waals surface area (Å²) in [5.41, 5.74) is 4.63. The highest BCUT2D eigenvalue weighted by molar-refractivity contribution is 7.92. The minimum atomic E-state index is -3.88. The van der Waals surface area contributed by atoms with Crippen molar-refractivity contribution in [3.63, 3.8) is 0 Å². The molecule has 0 spiro atoms. The zero-order valence-electron chi connectivity index (χ0n) is 19.1. The van der Waals surface area contributed by atoms with Gasteiger partial charge in [0.2, 0.25) is 5.89 Å². The highest BCUT2D eigenvalue weighted by Crippen LogP contribution is 2.28. The molecule has 0 bridgehead atoms. The van der Waals surface area contributed by atoms with Crippen LogP contribution in [0, 0.1) is 6.92 Å². The Morgan fingerprint density at radius 1 is 0.914 bits per heavy atom. The standard InChI is InChI=1S/C26H24N4O4S/c1-17-10-14-21(15-11-17)35(32,33)30-23-9-5-4-8-22(23)24(31)27-26-29-28-25(34-26)20-13-12-18-6-2-3-7-19(18)16-20/h4-5,8-16,30H,2-3,6-7H2,1H3,(H,27,29,31). The largest absolute Gasteiger partial charge is 0.403 e. The van der Waals surface area contributed by atoms with Crippen LogP contribution in [0.3, 0.4) is 0 Å². The summed E-state index contributed by atoms with van der Waals surface area (Å²) in [4.78, 5) is 13.1. The van der Waals surface area contributed by atoms with Gasteiger partial charge in [-0.05, 0) is 80.1 Å². The number of aromatic nitrogens is 2. The van der Waals surface area contributed by atoms with E-state index >= 15 is 0 Å². The number of nitrogens with one attached hydrogen (secondary N) is 2. The quantitative estimate of drug-likeness (QED) is 0.396. The molecule has 1 aliphatic rings. The SMILES string of the molecule is Cc1ccc(S(=O)(=O)Nc2ccccc2C(=O)Nc2nnc(-c3ccc4c(c3)CCCC4)o2)cc1. The van der Waals surface area contributed by atoms with E-state index in [-0.39, 0.29) is 22.2 Å². The van der Waals surface area contributed by atoms with Crippen LogP contribution in [-0.2, 0) is 22.9 Å². The van der Waals surface area contributed by atoms with Crippen LogP contribution in [0.15, 0.2) is 76.0 Å². The van der Waals surface area contributed by atoms with Crippen molar-refractivity contribution in [3.05, 3.63) is 89.0 Å². The fourth-order valence-corrected chi connectivity index (χ4v) is 5.19. The van der Waals surface area contributed by atoms with Crippen molar-refractivity contribution >= 4 is 27.6 Å². The Morgan fingerprint density at radius 2 is 1.66 bits per heavy atom. The molecular formula is C26H24N4O4S. The minimum absolute atomic E-state index is 0.0704. The second-order valence-electron chi connectivity index (χ2n) is 8.52. The molecule has 178 valence electrons. The number of aryl methyl sites for hydroxylation is 3. The maximum atomic E-state index is 13.0. The number of nitrogens with zero attached hydrogens (tertiary/aromatic N) is 2. The molecule has 4 aromatic rings. The van der Waals surface area contributed by atoms with Crippen LogP contribution < -0.4 is 10.0 Å². The predicted octanol–water partition coefficient (Wildman–Crippen LogP) is 4.98. The molecule has 2 N–H and O–H groups in total. The van der Waals surface area contributed by atoms with Crippen LogP contribution in [0.4, 0.5) is 11.7 Å². The molecule has 0 unspecified atom stereocenters. The predicted molar refractivity (Wildman–Crippen MR) is 133 cm³/mol. The molecule has 0 atom stereocenters. The summed E-state index contributed by atoms with van der Waals surface area (Å²) in [5.74, 6) is -0.269. The van der Waals surface area contributed by atoms with Crippen LogP contribution in [0.2, 0.25) is 0 Å². The van der Waals surface area contributed by atoms with Gasteiger partial charge in [0.15, 0.2) is 0 Å². The summed E-state index contributed by atoms with van der Waals surface area (Å²) < 4.78 is 33.8. The molecular weight excluding hydrogens is 464 g/mol. The highest BCUT2D eigenvalue weighted by atomic mass is 32.2. The van der Waals surface area contributed by atoms with Crippen LogP contribution in [0.1, 0.15) is 39.9 Å². The normalized spacial score (nSPS) is 13.2. The number of benzene rings is 3. The average Bonchev–Trinajstić information content (AvgIpc) is 3.32. The van der Waals surface area contributed by atoms with Gasteiger partial charge in [-0.3, -0.25) is 14.8 Å². The van der Waals surface area contributed by atoms with Crippen molar-refractivity contribution in [3.8, 4) is 11.5 Å². The summed E-state index contributed by atoms with van der Waals surface area (Å²) >= 11 is 0. The van der Waals surface area contributed by atoms with E-state index in [0.29, 0.717) is 5.89 Å². The first-order chi connectivity index (χ1) is 16.9. The van der Waals surface area contributed by atoms with Gasteiger partial charge in [-0.1, -0.05) is 41.0 Å². The molecule has 8 nitrogen and oxygen atoms in total. The monoisotopic (exact) mass is 488 g/mol. The summed E-state index contributed by atoms with van der Waals surface area (Å²) in [6.45, 7) is 1.87. The Labute approximate surface area is 203 Å². The molecule has 0 saturated carbocycles. The lowest BCUT2D eigenvalue weighted by atomic mass is 9.90. The van der Waals surface area contributed by atoms with Gasteiger partial charge in [-0.25, -0.2) is 8.42 Å². The molecule has 9 heteroatoms. The van der Waals surface area contributed by atoms with E-state index in [4.69, 9.17) is 4.42 Å². The van der Waals surface area contributed by atoms with Gasteiger partial charge < -0.3 is 4.42 Å². The Kier molecular flexibility index (Phi) is 6.08. The minimum Gasteiger partial charge on any atom is -0.403 e. The molecule has 3 aromatic carbocycles. The Bertz CT molecular complexity index is 1490. The number of fused-ring (bicyclic) bond motifs is 1. The first kappa shape index (κ1) is 22.8. The molecule has 1 amide bonds. The molecule has 5 rings (SSSR count). The lowest BCUT2D eigenvalue weighted by Gasteiger charge is -2.15. The number of anilines is 2. The first-order valence-corrected chi connectivity index (χ1v) is 12.8. The van der Waals surface area contributed by atoms with Crippen LogP contribution in [-0.4, -0.2) is 24.5 Å². The number of sulfonamides is 1. The van der Waals surface area contributed by atoms with E-state index in [0.717, 1.165) is 30.4 Å². The number of rotatable bonds is 6. The van der Waals surface area contributed by atoms with Crippen LogP contribution >= 0.6 is 0 Å². The first-order valence-electron chi connectivity index (χ1n) is 11.3. The van der Waals surface area contributed by atoms with E-state index in [9.17, 15) is 13.2 Å². The molecule has 1 aliphatic carbocycles. The van der Waals surface area contributed by atoms with Gasteiger partial charge >= 0.3 is 6.01 Å².